The predicted molar refractivity (Wildman–Crippen MR) is 76.4 cm³/mol. The van der Waals surface area contributed by atoms with E-state index in [4.69, 9.17) is 19.9 Å². The van der Waals surface area contributed by atoms with Gasteiger partial charge in [0.05, 0.1) is 13.0 Å². The van der Waals surface area contributed by atoms with Crippen molar-refractivity contribution in [2.24, 2.45) is 5.73 Å². The molecule has 1 atom stereocenters. The van der Waals surface area contributed by atoms with Crippen LogP contribution in [0.3, 0.4) is 0 Å². The molecule has 0 spiro atoms. The van der Waals surface area contributed by atoms with Crippen LogP contribution >= 0.6 is 0 Å². The third kappa shape index (κ3) is 4.98. The van der Waals surface area contributed by atoms with E-state index < -0.39 is 18.2 Å². The van der Waals surface area contributed by atoms with Gasteiger partial charge in [0.25, 0.3) is 0 Å². The van der Waals surface area contributed by atoms with Gasteiger partial charge in [-0.15, -0.1) is 0 Å². The summed E-state index contributed by atoms with van der Waals surface area (Å²) in [5, 5.41) is 9.40. The minimum absolute atomic E-state index is 0.0373. The quantitative estimate of drug-likeness (QED) is 0.705. The topological polar surface area (TPSA) is 94.3 Å². The van der Waals surface area contributed by atoms with E-state index in [1.165, 1.54) is 21.3 Å². The van der Waals surface area contributed by atoms with Gasteiger partial charge in [-0.05, 0) is 5.56 Å². The minimum Gasteiger partial charge on any atom is -0.465 e. The average molecular weight is 298 g/mol. The Morgan fingerprint density at radius 2 is 1.86 bits per heavy atom. The van der Waals surface area contributed by atoms with Crippen molar-refractivity contribution in [3.8, 4) is 0 Å². The number of methoxy groups -OCH3 is 3. The normalized spacial score (nSPS) is 13.0. The standard InChI is InChI=1S/C14H22N2O5/c1-19-12(9-14(15,20-2)21-3)16(13(17)18)10-11-7-5-4-6-8-11/h4-8,12H,9-10,15H2,1-3H3,(H,17,18). The van der Waals surface area contributed by atoms with Crippen molar-refractivity contribution in [1.82, 2.24) is 4.90 Å². The maximum atomic E-state index is 11.5. The number of benzene rings is 1. The van der Waals surface area contributed by atoms with Crippen LogP contribution in [0.5, 0.6) is 0 Å². The van der Waals surface area contributed by atoms with E-state index in [1.807, 2.05) is 30.3 Å². The summed E-state index contributed by atoms with van der Waals surface area (Å²) in [6.45, 7) is 0.179. The molecular weight excluding hydrogens is 276 g/mol. The predicted octanol–water partition coefficient (Wildman–Crippen LogP) is 1.43. The first-order valence-corrected chi connectivity index (χ1v) is 6.41. The van der Waals surface area contributed by atoms with E-state index in [2.05, 4.69) is 0 Å². The Hall–Kier alpha value is -1.67. The van der Waals surface area contributed by atoms with Crippen LogP contribution in [-0.4, -0.2) is 49.6 Å². The number of carbonyl (C=O) groups is 1. The van der Waals surface area contributed by atoms with Crippen LogP contribution in [0.15, 0.2) is 30.3 Å². The number of amides is 1. The fraction of sp³-hybridized carbons (Fsp3) is 0.500. The number of hydrogen-bond donors (Lipinski definition) is 2. The van der Waals surface area contributed by atoms with Crippen LogP contribution in [0.1, 0.15) is 12.0 Å². The Morgan fingerprint density at radius 1 is 1.29 bits per heavy atom. The van der Waals surface area contributed by atoms with Gasteiger partial charge in [0.1, 0.15) is 6.23 Å². The highest BCUT2D eigenvalue weighted by atomic mass is 16.7. The lowest BCUT2D eigenvalue weighted by Gasteiger charge is -2.34. The minimum atomic E-state index is -1.41. The van der Waals surface area contributed by atoms with Crippen LogP contribution in [-0.2, 0) is 20.8 Å². The first kappa shape index (κ1) is 17.4. The maximum absolute atomic E-state index is 11.5. The number of ether oxygens (including phenoxy) is 3. The molecule has 3 N–H and O–H groups in total. The number of nitrogens with two attached hydrogens (primary N) is 1. The molecule has 1 amide bonds. The molecule has 0 saturated carbocycles. The molecule has 0 fully saturated rings. The number of nitrogens with zero attached hydrogens (tertiary/aromatic N) is 1. The summed E-state index contributed by atoms with van der Waals surface area (Å²) < 4.78 is 15.4. The lowest BCUT2D eigenvalue weighted by Crippen LogP contribution is -2.52. The highest BCUT2D eigenvalue weighted by Gasteiger charge is 2.34. The molecule has 0 heterocycles. The summed E-state index contributed by atoms with van der Waals surface area (Å²) in [4.78, 5) is 12.6. The monoisotopic (exact) mass is 298 g/mol. The zero-order valence-corrected chi connectivity index (χ0v) is 12.5. The fourth-order valence-electron chi connectivity index (χ4n) is 1.89. The van der Waals surface area contributed by atoms with Gasteiger partial charge in [-0.3, -0.25) is 10.6 Å². The Labute approximate surface area is 124 Å². The fourth-order valence-corrected chi connectivity index (χ4v) is 1.89. The van der Waals surface area contributed by atoms with Crippen LogP contribution in [0.2, 0.25) is 0 Å². The molecular formula is C14H22N2O5. The highest BCUT2D eigenvalue weighted by molar-refractivity contribution is 5.65. The number of hydrogen-bond acceptors (Lipinski definition) is 5. The molecule has 0 aromatic heterocycles. The van der Waals surface area contributed by atoms with E-state index in [0.717, 1.165) is 10.5 Å². The largest absolute Gasteiger partial charge is 0.465 e. The molecule has 1 rings (SSSR count). The van der Waals surface area contributed by atoms with E-state index in [9.17, 15) is 9.90 Å². The summed E-state index contributed by atoms with van der Waals surface area (Å²) in [6, 6.07) is 9.22. The third-order valence-corrected chi connectivity index (χ3v) is 3.21. The lowest BCUT2D eigenvalue weighted by atomic mass is 10.2. The molecule has 1 unspecified atom stereocenters. The van der Waals surface area contributed by atoms with Crippen molar-refractivity contribution in [2.75, 3.05) is 21.3 Å². The summed E-state index contributed by atoms with van der Waals surface area (Å²) >= 11 is 0. The zero-order valence-electron chi connectivity index (χ0n) is 12.5. The highest BCUT2D eigenvalue weighted by Crippen LogP contribution is 2.19. The van der Waals surface area contributed by atoms with Crippen molar-refractivity contribution in [2.45, 2.75) is 25.1 Å². The lowest BCUT2D eigenvalue weighted by molar-refractivity contribution is -0.230. The van der Waals surface area contributed by atoms with Crippen LogP contribution in [0.25, 0.3) is 0 Å². The molecule has 1 aromatic rings. The summed E-state index contributed by atoms with van der Waals surface area (Å²) in [7, 11) is 4.19. The molecule has 118 valence electrons. The van der Waals surface area contributed by atoms with Gasteiger partial charge in [-0.1, -0.05) is 30.3 Å². The second-order valence-corrected chi connectivity index (χ2v) is 4.51. The van der Waals surface area contributed by atoms with Crippen molar-refractivity contribution in [1.29, 1.82) is 0 Å². The van der Waals surface area contributed by atoms with Gasteiger partial charge in [0.15, 0.2) is 0 Å². The maximum Gasteiger partial charge on any atom is 0.409 e. The first-order chi connectivity index (χ1) is 9.95. The number of carboxylic acid groups (broad SMARTS) is 1. The smallest absolute Gasteiger partial charge is 0.409 e. The number of rotatable bonds is 8. The molecule has 21 heavy (non-hydrogen) atoms. The molecule has 7 heteroatoms. The summed E-state index contributed by atoms with van der Waals surface area (Å²) in [5.41, 5.74) is 6.71. The molecule has 0 bridgehead atoms. The van der Waals surface area contributed by atoms with Crippen molar-refractivity contribution < 1.29 is 24.1 Å². The van der Waals surface area contributed by atoms with Crippen molar-refractivity contribution in [3.63, 3.8) is 0 Å². The van der Waals surface area contributed by atoms with Gasteiger partial charge in [0, 0.05) is 21.3 Å². The second-order valence-electron chi connectivity index (χ2n) is 4.51. The van der Waals surface area contributed by atoms with Gasteiger partial charge < -0.3 is 19.3 Å². The van der Waals surface area contributed by atoms with Crippen LogP contribution < -0.4 is 5.73 Å². The van der Waals surface area contributed by atoms with E-state index in [-0.39, 0.29) is 13.0 Å². The zero-order chi connectivity index (χ0) is 15.9. The first-order valence-electron chi connectivity index (χ1n) is 6.41. The van der Waals surface area contributed by atoms with E-state index >= 15 is 0 Å². The Kier molecular flexibility index (Phi) is 6.57. The average Bonchev–Trinajstić information content (AvgIpc) is 2.51. The van der Waals surface area contributed by atoms with Gasteiger partial charge in [-0.25, -0.2) is 4.79 Å². The molecule has 0 radical (unpaired) electrons. The van der Waals surface area contributed by atoms with Gasteiger partial charge in [0.2, 0.25) is 5.91 Å². The third-order valence-electron chi connectivity index (χ3n) is 3.21. The Morgan fingerprint density at radius 3 is 2.29 bits per heavy atom. The van der Waals surface area contributed by atoms with E-state index in [0.29, 0.717) is 0 Å². The molecule has 0 aliphatic heterocycles. The Balaban J connectivity index is 2.88. The van der Waals surface area contributed by atoms with Crippen molar-refractivity contribution >= 4 is 6.09 Å². The summed E-state index contributed by atoms with van der Waals surface area (Å²) in [5.74, 6) is -1.41. The van der Waals surface area contributed by atoms with Gasteiger partial charge >= 0.3 is 6.09 Å². The molecule has 7 nitrogen and oxygen atoms in total. The molecule has 0 saturated heterocycles. The van der Waals surface area contributed by atoms with E-state index in [1.54, 1.807) is 0 Å². The Bertz CT molecular complexity index is 436. The van der Waals surface area contributed by atoms with Gasteiger partial charge in [-0.2, -0.15) is 0 Å². The molecule has 0 aliphatic carbocycles. The SMILES string of the molecule is COC(CC(N)(OC)OC)N(Cc1ccccc1)C(=O)O. The molecule has 0 aliphatic rings. The van der Waals surface area contributed by atoms with Crippen molar-refractivity contribution in [3.05, 3.63) is 35.9 Å². The van der Waals surface area contributed by atoms with Crippen LogP contribution in [0.4, 0.5) is 4.79 Å². The molecule has 1 aromatic carbocycles. The van der Waals surface area contributed by atoms with Crippen LogP contribution in [0, 0.1) is 0 Å². The second kappa shape index (κ2) is 7.94. The summed E-state index contributed by atoms with van der Waals surface area (Å²) in [6.07, 6.45) is -1.87.